The Bertz CT molecular complexity index is 992. The maximum atomic E-state index is 13.4. The molecule has 4 nitrogen and oxygen atoms in total. The molecular weight excluding hydrogens is 392 g/mol. The van der Waals surface area contributed by atoms with E-state index in [4.69, 9.17) is 16.6 Å². The molecule has 0 aliphatic carbocycles. The number of amides is 1. The number of fused-ring (bicyclic) bond motifs is 1. The van der Waals surface area contributed by atoms with E-state index in [1.807, 2.05) is 19.1 Å². The molecule has 0 radical (unpaired) electrons. The molecule has 0 unspecified atom stereocenters. The molecule has 1 aliphatic rings. The van der Waals surface area contributed by atoms with E-state index in [1.54, 1.807) is 16.2 Å². The van der Waals surface area contributed by atoms with Gasteiger partial charge in [0.1, 0.15) is 0 Å². The highest BCUT2D eigenvalue weighted by Crippen LogP contribution is 2.35. The number of carbonyl (C=O) groups is 1. The number of nitrogens with zero attached hydrogens (tertiary/aromatic N) is 3. The molecule has 1 saturated heterocycles. The van der Waals surface area contributed by atoms with Gasteiger partial charge in [0.2, 0.25) is 0 Å². The van der Waals surface area contributed by atoms with Crippen molar-refractivity contribution in [3.63, 3.8) is 0 Å². The van der Waals surface area contributed by atoms with Gasteiger partial charge in [0.05, 0.1) is 15.2 Å². The minimum absolute atomic E-state index is 0.157. The van der Waals surface area contributed by atoms with Gasteiger partial charge in [-0.2, -0.15) is 0 Å². The Morgan fingerprint density at radius 1 is 1.11 bits per heavy atom. The van der Waals surface area contributed by atoms with Crippen LogP contribution in [0.1, 0.15) is 15.9 Å². The molecule has 8 heteroatoms. The van der Waals surface area contributed by atoms with Crippen molar-refractivity contribution in [2.24, 2.45) is 0 Å². The lowest BCUT2D eigenvalue weighted by atomic mass is 10.1. The summed E-state index contributed by atoms with van der Waals surface area (Å²) in [6.45, 7) is 4.21. The molecule has 0 spiro atoms. The van der Waals surface area contributed by atoms with Gasteiger partial charge in [-0.05, 0) is 36.8 Å². The van der Waals surface area contributed by atoms with Gasteiger partial charge in [-0.25, -0.2) is 13.8 Å². The summed E-state index contributed by atoms with van der Waals surface area (Å²) in [5.41, 5.74) is 2.14. The summed E-state index contributed by atoms with van der Waals surface area (Å²) in [4.78, 5) is 21.0. The van der Waals surface area contributed by atoms with Crippen LogP contribution in [0.2, 0.25) is 5.02 Å². The fraction of sp³-hybridized carbons (Fsp3) is 0.263. The minimum atomic E-state index is -1.01. The molecule has 1 amide bonds. The predicted molar refractivity (Wildman–Crippen MR) is 104 cm³/mol. The van der Waals surface area contributed by atoms with Gasteiger partial charge in [-0.15, -0.1) is 0 Å². The second-order valence-corrected chi connectivity index (χ2v) is 7.83. The van der Waals surface area contributed by atoms with Gasteiger partial charge in [0.15, 0.2) is 16.8 Å². The summed E-state index contributed by atoms with van der Waals surface area (Å²) in [6, 6.07) is 7.06. The smallest absolute Gasteiger partial charge is 0.254 e. The zero-order valence-corrected chi connectivity index (χ0v) is 16.1. The zero-order chi connectivity index (χ0) is 19.1. The lowest BCUT2D eigenvalue weighted by Crippen LogP contribution is -2.48. The maximum Gasteiger partial charge on any atom is 0.254 e. The fourth-order valence-electron chi connectivity index (χ4n) is 3.14. The maximum absolute atomic E-state index is 13.4. The van der Waals surface area contributed by atoms with Crippen LogP contribution in [0.15, 0.2) is 30.3 Å². The lowest BCUT2D eigenvalue weighted by molar-refractivity contribution is 0.0746. The first-order valence-corrected chi connectivity index (χ1v) is 9.68. The van der Waals surface area contributed by atoms with Crippen molar-refractivity contribution in [2.75, 3.05) is 31.1 Å². The number of hydrogen-bond donors (Lipinski definition) is 0. The molecule has 2 aromatic carbocycles. The topological polar surface area (TPSA) is 36.4 Å². The van der Waals surface area contributed by atoms with Crippen molar-refractivity contribution >= 4 is 44.2 Å². The molecule has 27 heavy (non-hydrogen) atoms. The molecular formula is C19H16ClF2N3OS. The highest BCUT2D eigenvalue weighted by atomic mass is 35.5. The molecule has 1 aromatic heterocycles. The number of aryl methyl sites for hydroxylation is 1. The Labute approximate surface area is 164 Å². The first-order chi connectivity index (χ1) is 12.9. The van der Waals surface area contributed by atoms with E-state index in [1.165, 1.54) is 6.07 Å². The monoisotopic (exact) mass is 407 g/mol. The number of anilines is 1. The van der Waals surface area contributed by atoms with Gasteiger partial charge in [0.25, 0.3) is 5.91 Å². The summed E-state index contributed by atoms with van der Waals surface area (Å²) in [7, 11) is 0. The van der Waals surface area contributed by atoms with Crippen LogP contribution in [-0.4, -0.2) is 42.0 Å². The second-order valence-electron chi connectivity index (χ2n) is 6.45. The molecule has 4 rings (SSSR count). The van der Waals surface area contributed by atoms with Crippen LogP contribution >= 0.6 is 22.9 Å². The molecule has 1 fully saturated rings. The standard InChI is InChI=1S/C19H16ClF2N3OS/c1-11-2-4-13(20)17-16(11)23-19(27-17)25-8-6-24(7-9-25)18(26)12-3-5-14(21)15(22)10-12/h2-5,10H,6-9H2,1H3. The number of piperazine rings is 1. The molecule has 0 saturated carbocycles. The summed E-state index contributed by atoms with van der Waals surface area (Å²) >= 11 is 7.82. The van der Waals surface area contributed by atoms with Crippen molar-refractivity contribution < 1.29 is 13.6 Å². The van der Waals surface area contributed by atoms with Crippen molar-refractivity contribution in [1.29, 1.82) is 0 Å². The van der Waals surface area contributed by atoms with E-state index in [9.17, 15) is 13.6 Å². The van der Waals surface area contributed by atoms with Gasteiger partial charge >= 0.3 is 0 Å². The van der Waals surface area contributed by atoms with Crippen molar-refractivity contribution in [3.05, 3.63) is 58.1 Å². The number of aromatic nitrogens is 1. The Morgan fingerprint density at radius 2 is 1.85 bits per heavy atom. The average molecular weight is 408 g/mol. The quantitative estimate of drug-likeness (QED) is 0.627. The van der Waals surface area contributed by atoms with E-state index in [-0.39, 0.29) is 11.5 Å². The van der Waals surface area contributed by atoms with Crippen LogP contribution in [0.5, 0.6) is 0 Å². The summed E-state index contributed by atoms with van der Waals surface area (Å²) < 4.78 is 27.4. The Kier molecular flexibility index (Phi) is 4.74. The van der Waals surface area contributed by atoms with E-state index >= 15 is 0 Å². The number of halogens is 3. The van der Waals surface area contributed by atoms with Crippen LogP contribution in [0.25, 0.3) is 10.2 Å². The van der Waals surface area contributed by atoms with E-state index in [0.717, 1.165) is 33.0 Å². The zero-order valence-electron chi connectivity index (χ0n) is 14.5. The third-order valence-electron chi connectivity index (χ3n) is 4.69. The summed E-state index contributed by atoms with van der Waals surface area (Å²) in [5, 5.41) is 1.56. The molecule has 1 aliphatic heterocycles. The largest absolute Gasteiger partial charge is 0.345 e. The van der Waals surface area contributed by atoms with Crippen LogP contribution < -0.4 is 4.90 Å². The van der Waals surface area contributed by atoms with Crippen LogP contribution in [0.4, 0.5) is 13.9 Å². The number of benzene rings is 2. The summed E-state index contributed by atoms with van der Waals surface area (Å²) in [5.74, 6) is -2.26. The normalized spacial score (nSPS) is 14.8. The molecule has 3 aromatic rings. The first kappa shape index (κ1) is 18.1. The van der Waals surface area contributed by atoms with Gasteiger partial charge in [-0.3, -0.25) is 4.79 Å². The minimum Gasteiger partial charge on any atom is -0.345 e. The third-order valence-corrected chi connectivity index (χ3v) is 6.27. The highest BCUT2D eigenvalue weighted by Gasteiger charge is 2.25. The van der Waals surface area contributed by atoms with Crippen molar-refractivity contribution in [3.8, 4) is 0 Å². The van der Waals surface area contributed by atoms with Gasteiger partial charge in [-0.1, -0.05) is 29.0 Å². The average Bonchev–Trinajstić information content (AvgIpc) is 3.13. The van der Waals surface area contributed by atoms with Crippen molar-refractivity contribution in [2.45, 2.75) is 6.92 Å². The second kappa shape index (κ2) is 7.05. The number of hydrogen-bond acceptors (Lipinski definition) is 4. The number of rotatable bonds is 2. The third kappa shape index (κ3) is 3.37. The van der Waals surface area contributed by atoms with E-state index < -0.39 is 11.6 Å². The summed E-state index contributed by atoms with van der Waals surface area (Å²) in [6.07, 6.45) is 0. The SMILES string of the molecule is Cc1ccc(Cl)c2sc(N3CCN(C(=O)c4ccc(F)c(F)c4)CC3)nc12. The molecule has 0 bridgehead atoms. The van der Waals surface area contributed by atoms with Crippen LogP contribution in [0, 0.1) is 18.6 Å². The fourth-order valence-corrected chi connectivity index (χ4v) is 4.51. The Balaban J connectivity index is 1.49. The lowest BCUT2D eigenvalue weighted by Gasteiger charge is -2.34. The predicted octanol–water partition coefficient (Wildman–Crippen LogP) is 4.50. The molecule has 0 N–H and O–H groups in total. The van der Waals surface area contributed by atoms with E-state index in [0.29, 0.717) is 31.2 Å². The van der Waals surface area contributed by atoms with Crippen molar-refractivity contribution in [1.82, 2.24) is 9.88 Å². The Morgan fingerprint density at radius 3 is 2.52 bits per heavy atom. The molecule has 140 valence electrons. The molecule has 2 heterocycles. The number of thiazole rings is 1. The van der Waals surface area contributed by atoms with Crippen LogP contribution in [-0.2, 0) is 0 Å². The number of carbonyl (C=O) groups excluding carboxylic acids is 1. The first-order valence-electron chi connectivity index (χ1n) is 8.49. The molecule has 0 atom stereocenters. The highest BCUT2D eigenvalue weighted by molar-refractivity contribution is 7.22. The van der Waals surface area contributed by atoms with Gasteiger partial charge in [0, 0.05) is 31.7 Å². The Hall–Kier alpha value is -2.25. The van der Waals surface area contributed by atoms with Crippen LogP contribution in [0.3, 0.4) is 0 Å². The van der Waals surface area contributed by atoms with Gasteiger partial charge < -0.3 is 9.80 Å². The van der Waals surface area contributed by atoms with E-state index in [2.05, 4.69) is 4.90 Å².